The van der Waals surface area contributed by atoms with Gasteiger partial charge in [0, 0.05) is 43.0 Å². The summed E-state index contributed by atoms with van der Waals surface area (Å²) in [6, 6.07) is 9.07. The lowest BCUT2D eigenvalue weighted by atomic mass is 10.0. The third kappa shape index (κ3) is 5.97. The Balaban J connectivity index is 1.10. The summed E-state index contributed by atoms with van der Waals surface area (Å²) in [5.74, 6) is -0.293. The second-order valence-corrected chi connectivity index (χ2v) is 12.2. The third-order valence-electron chi connectivity index (χ3n) is 7.44. The number of sulfonamides is 1. The van der Waals surface area contributed by atoms with Gasteiger partial charge in [0.25, 0.3) is 5.91 Å². The van der Waals surface area contributed by atoms with Crippen molar-refractivity contribution in [2.24, 2.45) is 5.92 Å². The van der Waals surface area contributed by atoms with Crippen LogP contribution in [-0.2, 0) is 25.4 Å². The third-order valence-corrected chi connectivity index (χ3v) is 9.25. The van der Waals surface area contributed by atoms with E-state index < -0.39 is 22.1 Å². The molecule has 0 spiro atoms. The van der Waals surface area contributed by atoms with Gasteiger partial charge in [-0.05, 0) is 42.5 Å². The maximum atomic E-state index is 13.1. The van der Waals surface area contributed by atoms with Crippen molar-refractivity contribution in [3.8, 4) is 11.3 Å². The smallest absolute Gasteiger partial charge is 0.251 e. The van der Waals surface area contributed by atoms with E-state index in [1.807, 2.05) is 6.92 Å². The number of ketones is 1. The molecule has 0 saturated carbocycles. The van der Waals surface area contributed by atoms with Crippen LogP contribution in [0.15, 0.2) is 65.8 Å². The van der Waals surface area contributed by atoms with Crippen molar-refractivity contribution in [3.05, 3.63) is 72.5 Å². The number of hydrogen-bond acceptors (Lipinski definition) is 8. The number of nitrogens with one attached hydrogen (secondary N) is 1. The summed E-state index contributed by atoms with van der Waals surface area (Å²) in [5, 5.41) is 2.88. The van der Waals surface area contributed by atoms with Gasteiger partial charge in [0.15, 0.2) is 17.9 Å². The maximum Gasteiger partial charge on any atom is 0.251 e. The number of Topliss-reactive ketones (excluding diaryl/α,β-unsaturated/α-hetero) is 1. The lowest BCUT2D eigenvalue weighted by Crippen LogP contribution is -2.44. The molecule has 2 aromatic heterocycles. The molecule has 1 aromatic carbocycles. The minimum Gasteiger partial charge on any atom is -0.444 e. The van der Waals surface area contributed by atoms with Crippen LogP contribution in [0.5, 0.6) is 0 Å². The molecule has 12 heteroatoms. The van der Waals surface area contributed by atoms with Crippen molar-refractivity contribution in [2.75, 3.05) is 19.6 Å². The quantitative estimate of drug-likeness (QED) is 0.394. The van der Waals surface area contributed by atoms with Gasteiger partial charge in [-0.25, -0.2) is 13.4 Å². The van der Waals surface area contributed by atoms with Crippen LogP contribution in [0.4, 0.5) is 0 Å². The van der Waals surface area contributed by atoms with E-state index in [1.54, 1.807) is 48.8 Å². The van der Waals surface area contributed by atoms with Gasteiger partial charge in [-0.1, -0.05) is 25.1 Å². The molecule has 0 aliphatic carbocycles. The predicted octanol–water partition coefficient (Wildman–Crippen LogP) is 2.27. The van der Waals surface area contributed by atoms with E-state index in [0.717, 1.165) is 5.56 Å². The summed E-state index contributed by atoms with van der Waals surface area (Å²) in [6.07, 6.45) is 7.23. The molecule has 1 N–H and O–H groups in total. The van der Waals surface area contributed by atoms with Crippen molar-refractivity contribution in [1.29, 1.82) is 0 Å². The van der Waals surface area contributed by atoms with Gasteiger partial charge in [0.05, 0.1) is 24.5 Å². The van der Waals surface area contributed by atoms with Crippen LogP contribution >= 0.6 is 0 Å². The average Bonchev–Trinajstić information content (AvgIpc) is 3.68. The monoisotopic (exact) mass is 565 g/mol. The summed E-state index contributed by atoms with van der Waals surface area (Å²) in [4.78, 5) is 47.9. The molecule has 0 radical (unpaired) electrons. The van der Waals surface area contributed by atoms with E-state index in [2.05, 4.69) is 15.3 Å². The summed E-state index contributed by atoms with van der Waals surface area (Å²) < 4.78 is 32.7. The van der Waals surface area contributed by atoms with Crippen LogP contribution in [0.2, 0.25) is 0 Å². The number of fused-ring (bicyclic) bond motifs is 1. The van der Waals surface area contributed by atoms with Gasteiger partial charge in [0.2, 0.25) is 15.9 Å². The Bertz CT molecular complexity index is 1460. The van der Waals surface area contributed by atoms with Crippen molar-refractivity contribution in [2.45, 2.75) is 44.0 Å². The summed E-state index contributed by atoms with van der Waals surface area (Å²) in [6.45, 7) is 2.43. The fourth-order valence-corrected chi connectivity index (χ4v) is 7.10. The van der Waals surface area contributed by atoms with Crippen LogP contribution in [-0.4, -0.2) is 76.9 Å². The van der Waals surface area contributed by atoms with E-state index in [0.29, 0.717) is 42.8 Å². The highest BCUT2D eigenvalue weighted by atomic mass is 32.2. The molecule has 3 atom stereocenters. The molecule has 2 aliphatic rings. The molecule has 5 rings (SSSR count). The molecule has 210 valence electrons. The number of benzene rings is 1. The number of aromatic nitrogens is 2. The first-order valence-corrected chi connectivity index (χ1v) is 14.8. The Morgan fingerprint density at radius 3 is 2.65 bits per heavy atom. The molecule has 2 saturated heterocycles. The number of oxazole rings is 1. The highest BCUT2D eigenvalue weighted by Gasteiger charge is 2.53. The van der Waals surface area contributed by atoms with E-state index in [4.69, 9.17) is 4.42 Å². The van der Waals surface area contributed by atoms with Crippen LogP contribution in [0.1, 0.15) is 42.1 Å². The Kier molecular flexibility index (Phi) is 8.08. The lowest BCUT2D eigenvalue weighted by molar-refractivity contribution is -0.137. The molecule has 3 aromatic rings. The molecule has 2 amide bonds. The van der Waals surface area contributed by atoms with Crippen LogP contribution in [0, 0.1) is 5.92 Å². The van der Waals surface area contributed by atoms with Crippen molar-refractivity contribution in [1.82, 2.24) is 24.5 Å². The standard InChI is InChI=1S/C28H31N5O6S/c1-19(8-11-31-28(36)22-6-4-21(5-7-22)25-15-30-18-39-25)13-26(35)32-12-9-23-27(32)24(34)16-33(23)40(37,38)17-20-3-2-10-29-14-20/h2-7,10,14-15,18-19,23,27H,8-9,11-13,16-17H2,1H3,(H,31,36). The zero-order valence-electron chi connectivity index (χ0n) is 22.1. The number of pyridine rings is 1. The van der Waals surface area contributed by atoms with Gasteiger partial charge >= 0.3 is 0 Å². The van der Waals surface area contributed by atoms with Gasteiger partial charge in [-0.2, -0.15) is 4.31 Å². The molecular formula is C28H31N5O6S. The Labute approximate surface area is 232 Å². The summed E-state index contributed by atoms with van der Waals surface area (Å²) in [5.41, 5.74) is 1.88. The maximum absolute atomic E-state index is 13.1. The fraction of sp³-hybridized carbons (Fsp3) is 0.393. The number of hydrogen-bond donors (Lipinski definition) is 1. The molecule has 2 aliphatic heterocycles. The molecule has 3 unspecified atom stereocenters. The predicted molar refractivity (Wildman–Crippen MR) is 145 cm³/mol. The lowest BCUT2D eigenvalue weighted by Gasteiger charge is -2.25. The largest absolute Gasteiger partial charge is 0.444 e. The number of carbonyl (C=O) groups is 3. The van der Waals surface area contributed by atoms with Gasteiger partial charge in [0.1, 0.15) is 6.04 Å². The van der Waals surface area contributed by atoms with Gasteiger partial charge in [-0.3, -0.25) is 19.4 Å². The number of rotatable bonds is 10. The number of amides is 2. The van der Waals surface area contributed by atoms with Crippen LogP contribution in [0.3, 0.4) is 0 Å². The normalized spacial score (nSPS) is 19.9. The minimum atomic E-state index is -3.74. The van der Waals surface area contributed by atoms with Gasteiger partial charge < -0.3 is 14.6 Å². The topological polar surface area (TPSA) is 143 Å². The SMILES string of the molecule is CC(CCNC(=O)c1ccc(-c2cnco2)cc1)CC(=O)N1CCC2C1C(=O)CN2S(=O)(=O)Cc1cccnc1. The molecule has 11 nitrogen and oxygen atoms in total. The molecule has 40 heavy (non-hydrogen) atoms. The van der Waals surface area contributed by atoms with Crippen LogP contribution < -0.4 is 5.32 Å². The zero-order chi connectivity index (χ0) is 28.3. The molecular weight excluding hydrogens is 534 g/mol. The van der Waals surface area contributed by atoms with E-state index in [9.17, 15) is 22.8 Å². The minimum absolute atomic E-state index is 0.0393. The molecule has 0 bridgehead atoms. The highest BCUT2D eigenvalue weighted by Crippen LogP contribution is 2.33. The summed E-state index contributed by atoms with van der Waals surface area (Å²) >= 11 is 0. The second-order valence-electron chi connectivity index (χ2n) is 10.3. The highest BCUT2D eigenvalue weighted by molar-refractivity contribution is 7.88. The van der Waals surface area contributed by atoms with Gasteiger partial charge in [-0.15, -0.1) is 0 Å². The van der Waals surface area contributed by atoms with Crippen molar-refractivity contribution >= 4 is 27.6 Å². The summed E-state index contributed by atoms with van der Waals surface area (Å²) in [7, 11) is -3.74. The number of likely N-dealkylation sites (tertiary alicyclic amines) is 1. The van der Waals surface area contributed by atoms with Crippen molar-refractivity contribution < 1.29 is 27.2 Å². The molecule has 2 fully saturated rings. The second kappa shape index (κ2) is 11.7. The Hall–Kier alpha value is -3.90. The number of nitrogens with zero attached hydrogens (tertiary/aromatic N) is 4. The van der Waals surface area contributed by atoms with Crippen LogP contribution in [0.25, 0.3) is 11.3 Å². The Morgan fingerprint density at radius 2 is 1.95 bits per heavy atom. The number of carbonyl (C=O) groups excluding carboxylic acids is 3. The molecule has 4 heterocycles. The first-order valence-electron chi connectivity index (χ1n) is 13.2. The first kappa shape index (κ1) is 27.7. The van der Waals surface area contributed by atoms with E-state index >= 15 is 0 Å². The fourth-order valence-electron chi connectivity index (χ4n) is 5.39. The van der Waals surface area contributed by atoms with E-state index in [1.165, 1.54) is 21.8 Å². The zero-order valence-corrected chi connectivity index (χ0v) is 22.9. The first-order chi connectivity index (χ1) is 19.2. The Morgan fingerprint density at radius 1 is 1.15 bits per heavy atom. The average molecular weight is 566 g/mol. The van der Waals surface area contributed by atoms with Crippen molar-refractivity contribution in [3.63, 3.8) is 0 Å². The van der Waals surface area contributed by atoms with E-state index in [-0.39, 0.29) is 42.2 Å².